The van der Waals surface area contributed by atoms with E-state index in [9.17, 15) is 31.5 Å². The van der Waals surface area contributed by atoms with E-state index < -0.39 is 74.8 Å². The zero-order chi connectivity index (χ0) is 32.2. The fourth-order valence-corrected chi connectivity index (χ4v) is 4.85. The SMILES string of the molecule is [2H]C([2H])([2H])C([2H])([2H])n1ccc(C(=O)N[C@H](c2nc3cc(CN4C[C@@H](C(F)(F)F)NC4=O)ccc3o2)C2CCC(F)(F)CC2)n1. The van der Waals surface area contributed by atoms with Crippen LogP contribution in [0, 0.1) is 5.92 Å². The maximum atomic E-state index is 14.0. The first-order valence-corrected chi connectivity index (χ1v) is 12.1. The Hall–Kier alpha value is -3.71. The molecule has 1 saturated heterocycles. The van der Waals surface area contributed by atoms with Crippen LogP contribution in [0.5, 0.6) is 0 Å². The summed E-state index contributed by atoms with van der Waals surface area (Å²) in [5, 5.41) is 8.34. The van der Waals surface area contributed by atoms with Crippen molar-refractivity contribution in [2.75, 3.05) is 6.54 Å². The zero-order valence-corrected chi connectivity index (χ0v) is 20.3. The summed E-state index contributed by atoms with van der Waals surface area (Å²) in [5.74, 6) is -4.31. The number of carbonyl (C=O) groups excluding carboxylic acids is 2. The van der Waals surface area contributed by atoms with Crippen LogP contribution in [0.2, 0.25) is 0 Å². The maximum absolute atomic E-state index is 14.0. The molecule has 0 bridgehead atoms. The number of fused-ring (bicyclic) bond motifs is 1. The zero-order valence-electron chi connectivity index (χ0n) is 25.3. The second-order valence-corrected chi connectivity index (χ2v) is 9.68. The summed E-state index contributed by atoms with van der Waals surface area (Å²) >= 11 is 0. The molecule has 1 aliphatic carbocycles. The number of aryl methyl sites for hydroxylation is 1. The first-order chi connectivity index (χ1) is 20.3. The van der Waals surface area contributed by atoms with Crippen molar-refractivity contribution in [2.45, 2.75) is 69.8 Å². The molecule has 2 atom stereocenters. The lowest BCUT2D eigenvalue weighted by molar-refractivity contribution is -0.149. The van der Waals surface area contributed by atoms with Gasteiger partial charge in [-0.05, 0) is 49.4 Å². The minimum atomic E-state index is -4.60. The number of benzene rings is 1. The Morgan fingerprint density at radius 3 is 2.79 bits per heavy atom. The minimum absolute atomic E-state index is 0.00239. The molecule has 9 nitrogen and oxygen atoms in total. The number of alkyl halides is 5. The van der Waals surface area contributed by atoms with Crippen LogP contribution in [-0.4, -0.2) is 56.3 Å². The van der Waals surface area contributed by atoms with E-state index in [0.717, 1.165) is 17.2 Å². The van der Waals surface area contributed by atoms with Crippen LogP contribution in [0.4, 0.5) is 26.7 Å². The number of amides is 3. The Morgan fingerprint density at radius 2 is 2.10 bits per heavy atom. The molecule has 1 aromatic carbocycles. The molecular weight excluding hydrogens is 527 g/mol. The number of hydrogen-bond acceptors (Lipinski definition) is 5. The molecule has 3 aromatic rings. The molecule has 0 radical (unpaired) electrons. The molecule has 1 saturated carbocycles. The predicted molar refractivity (Wildman–Crippen MR) is 128 cm³/mol. The summed E-state index contributed by atoms with van der Waals surface area (Å²) in [5.41, 5.74) is 0.601. The van der Waals surface area contributed by atoms with Crippen LogP contribution in [0.15, 0.2) is 34.9 Å². The van der Waals surface area contributed by atoms with Crippen molar-refractivity contribution in [3.8, 4) is 0 Å². The van der Waals surface area contributed by atoms with Gasteiger partial charge in [0.05, 0.1) is 9.29 Å². The highest BCUT2D eigenvalue weighted by Crippen LogP contribution is 2.42. The summed E-state index contributed by atoms with van der Waals surface area (Å²) in [4.78, 5) is 30.7. The van der Waals surface area contributed by atoms with E-state index in [1.165, 1.54) is 18.2 Å². The molecule has 3 amide bonds. The fourth-order valence-electron chi connectivity index (χ4n) is 4.85. The van der Waals surface area contributed by atoms with E-state index in [1.807, 2.05) is 5.32 Å². The number of rotatable bonds is 7. The Bertz CT molecular complexity index is 1550. The van der Waals surface area contributed by atoms with Crippen molar-refractivity contribution in [3.63, 3.8) is 0 Å². The highest BCUT2D eigenvalue weighted by molar-refractivity contribution is 5.92. The molecule has 39 heavy (non-hydrogen) atoms. The molecule has 2 fully saturated rings. The summed E-state index contributed by atoms with van der Waals surface area (Å²) in [7, 11) is 0. The topological polar surface area (TPSA) is 105 Å². The van der Waals surface area contributed by atoms with Crippen molar-refractivity contribution in [1.82, 2.24) is 30.3 Å². The van der Waals surface area contributed by atoms with Gasteiger partial charge in [-0.3, -0.25) is 9.48 Å². The Kier molecular flexibility index (Phi) is 5.49. The molecule has 2 N–H and O–H groups in total. The number of hydrogen-bond donors (Lipinski definition) is 2. The van der Waals surface area contributed by atoms with Crippen LogP contribution >= 0.6 is 0 Å². The number of nitrogens with one attached hydrogen (secondary N) is 2. The standard InChI is InChI=1S/C25H27F5N6O3/c1-2-36-10-7-16(34-36)21(37)33-20(15-5-8-24(26,27)9-6-15)22-31-17-11-14(3-4-18(17)39-22)12-35-13-19(25(28,29)30)32-23(35)38/h3-4,7,10-11,15,19-20H,2,5-6,8-9,12-13H2,1H3,(H,32,38)(H,33,37)/t19-,20-/m0/s1/i1D3,2D2. The number of oxazole rings is 1. The van der Waals surface area contributed by atoms with Gasteiger partial charge in [-0.1, -0.05) is 6.07 Å². The van der Waals surface area contributed by atoms with Crippen molar-refractivity contribution in [3.05, 3.63) is 47.6 Å². The lowest BCUT2D eigenvalue weighted by atomic mass is 9.82. The van der Waals surface area contributed by atoms with Gasteiger partial charge in [0.25, 0.3) is 5.91 Å². The van der Waals surface area contributed by atoms with Gasteiger partial charge >= 0.3 is 12.2 Å². The van der Waals surface area contributed by atoms with Crippen LogP contribution in [0.3, 0.4) is 0 Å². The summed E-state index contributed by atoms with van der Waals surface area (Å²) < 4.78 is 111. The third-order valence-electron chi connectivity index (χ3n) is 6.95. The van der Waals surface area contributed by atoms with Crippen molar-refractivity contribution < 1.29 is 42.8 Å². The van der Waals surface area contributed by atoms with Crippen LogP contribution < -0.4 is 10.6 Å². The quantitative estimate of drug-likeness (QED) is 0.405. The van der Waals surface area contributed by atoms with Gasteiger partial charge in [0, 0.05) is 36.2 Å². The highest BCUT2D eigenvalue weighted by Gasteiger charge is 2.47. The first kappa shape index (κ1) is 21.2. The third kappa shape index (κ3) is 5.83. The molecule has 2 aliphatic rings. The molecule has 14 heteroatoms. The van der Waals surface area contributed by atoms with Crippen molar-refractivity contribution >= 4 is 23.0 Å². The lowest BCUT2D eigenvalue weighted by Crippen LogP contribution is -2.40. The Labute approximate surface area is 226 Å². The second-order valence-electron chi connectivity index (χ2n) is 9.68. The molecule has 2 aromatic heterocycles. The van der Waals surface area contributed by atoms with Crippen LogP contribution in [-0.2, 0) is 13.0 Å². The van der Waals surface area contributed by atoms with Gasteiger partial charge < -0.3 is 20.0 Å². The molecule has 210 valence electrons. The molecular formula is C25H27F5N6O3. The van der Waals surface area contributed by atoms with E-state index in [2.05, 4.69) is 15.4 Å². The largest absolute Gasteiger partial charge is 0.438 e. The Morgan fingerprint density at radius 1 is 1.33 bits per heavy atom. The summed E-state index contributed by atoms with van der Waals surface area (Å²) in [6.07, 6.45) is -4.49. The van der Waals surface area contributed by atoms with Gasteiger partial charge in [-0.2, -0.15) is 18.3 Å². The fraction of sp³-hybridized carbons (Fsp3) is 0.520. The number of carbonyl (C=O) groups is 2. The van der Waals surface area contributed by atoms with Crippen molar-refractivity contribution in [1.29, 1.82) is 0 Å². The molecule has 0 spiro atoms. The van der Waals surface area contributed by atoms with E-state index in [0.29, 0.717) is 10.2 Å². The number of halogens is 5. The van der Waals surface area contributed by atoms with Crippen LogP contribution in [0.1, 0.15) is 67.4 Å². The van der Waals surface area contributed by atoms with Gasteiger partial charge in [-0.15, -0.1) is 0 Å². The average molecular weight is 560 g/mol. The lowest BCUT2D eigenvalue weighted by Gasteiger charge is -2.32. The molecule has 0 unspecified atom stereocenters. The van der Waals surface area contributed by atoms with Gasteiger partial charge in [0.15, 0.2) is 5.58 Å². The molecule has 1 aliphatic heterocycles. The number of aromatic nitrogens is 3. The minimum Gasteiger partial charge on any atom is -0.438 e. The monoisotopic (exact) mass is 559 g/mol. The van der Waals surface area contributed by atoms with E-state index in [1.54, 1.807) is 0 Å². The summed E-state index contributed by atoms with van der Waals surface area (Å²) in [6, 6.07) is 1.73. The summed E-state index contributed by atoms with van der Waals surface area (Å²) in [6.45, 7) is -6.73. The average Bonchev–Trinajstić information content (AvgIpc) is 3.65. The van der Waals surface area contributed by atoms with Gasteiger partial charge in [0.1, 0.15) is 23.3 Å². The van der Waals surface area contributed by atoms with Gasteiger partial charge in [0.2, 0.25) is 11.8 Å². The smallest absolute Gasteiger partial charge is 0.410 e. The van der Waals surface area contributed by atoms with E-state index >= 15 is 0 Å². The van der Waals surface area contributed by atoms with E-state index in [4.69, 9.17) is 11.3 Å². The Balaban J connectivity index is 1.39. The third-order valence-corrected chi connectivity index (χ3v) is 6.95. The molecule has 5 rings (SSSR count). The maximum Gasteiger partial charge on any atom is 0.410 e. The molecule has 3 heterocycles. The van der Waals surface area contributed by atoms with Crippen molar-refractivity contribution in [2.24, 2.45) is 5.92 Å². The predicted octanol–water partition coefficient (Wildman–Crippen LogP) is 4.80. The first-order valence-electron chi connectivity index (χ1n) is 14.6. The van der Waals surface area contributed by atoms with Crippen LogP contribution in [0.25, 0.3) is 11.1 Å². The number of nitrogens with zero attached hydrogens (tertiary/aromatic N) is 4. The number of urea groups is 1. The second kappa shape index (κ2) is 10.1. The van der Waals surface area contributed by atoms with Gasteiger partial charge in [-0.25, -0.2) is 18.6 Å². The van der Waals surface area contributed by atoms with E-state index in [-0.39, 0.29) is 42.1 Å². The normalized spacial score (nSPS) is 23.4. The highest BCUT2D eigenvalue weighted by atomic mass is 19.4.